The maximum absolute atomic E-state index is 13.5. The lowest BCUT2D eigenvalue weighted by Crippen LogP contribution is -2.30. The minimum Gasteiger partial charge on any atom is -0.343 e. The summed E-state index contributed by atoms with van der Waals surface area (Å²) in [5.41, 5.74) is 4.89. The number of allylic oxidation sites excluding steroid dienone is 1. The summed E-state index contributed by atoms with van der Waals surface area (Å²) in [7, 11) is 0. The van der Waals surface area contributed by atoms with E-state index in [9.17, 15) is 8.78 Å². The van der Waals surface area contributed by atoms with Crippen LogP contribution in [0, 0.1) is 11.6 Å². The quantitative estimate of drug-likeness (QED) is 0.549. The number of hydrogen-bond donors (Lipinski definition) is 2. The minimum absolute atomic E-state index is 0.290. The van der Waals surface area contributed by atoms with E-state index in [1.165, 1.54) is 24.3 Å². The summed E-state index contributed by atoms with van der Waals surface area (Å²) in [5.74, 6) is -0.580. The molecule has 0 radical (unpaired) electrons. The van der Waals surface area contributed by atoms with Gasteiger partial charge in [0.25, 0.3) is 0 Å². The normalized spacial score (nSPS) is 14.8. The Morgan fingerprint density at radius 1 is 0.893 bits per heavy atom. The molecule has 2 N–H and O–H groups in total. The Morgan fingerprint density at radius 3 is 2.11 bits per heavy atom. The number of aromatic amines is 2. The van der Waals surface area contributed by atoms with Gasteiger partial charge in [-0.05, 0) is 35.4 Å². The van der Waals surface area contributed by atoms with Gasteiger partial charge in [-0.25, -0.2) is 13.8 Å². The van der Waals surface area contributed by atoms with Crippen LogP contribution in [-0.2, 0) is 11.8 Å². The van der Waals surface area contributed by atoms with E-state index in [1.807, 2.05) is 6.08 Å². The van der Waals surface area contributed by atoms with Crippen LogP contribution in [0.5, 0.6) is 0 Å². The number of rotatable bonds is 3. The lowest BCUT2D eigenvalue weighted by molar-refractivity contribution is 0.599. The van der Waals surface area contributed by atoms with Gasteiger partial charge in [-0.15, -0.1) is 0 Å². The number of aromatic nitrogens is 4. The lowest BCUT2D eigenvalue weighted by atomic mass is 9.68. The smallest absolute Gasteiger partial charge is 0.123 e. The molecule has 4 nitrogen and oxygen atoms in total. The maximum Gasteiger partial charge on any atom is 0.123 e. The number of nitrogens with one attached hydrogen (secondary N) is 2. The average Bonchev–Trinajstić information content (AvgIpc) is 3.38. The number of fused-ring (bicyclic) bond motifs is 1. The van der Waals surface area contributed by atoms with Crippen LogP contribution in [0.25, 0.3) is 17.5 Å². The van der Waals surface area contributed by atoms with E-state index in [2.05, 4.69) is 26.2 Å². The zero-order valence-electron chi connectivity index (χ0n) is 14.8. The van der Waals surface area contributed by atoms with Crippen molar-refractivity contribution in [2.45, 2.75) is 11.8 Å². The van der Waals surface area contributed by atoms with E-state index < -0.39 is 5.41 Å². The molecule has 0 aliphatic heterocycles. The molecular weight excluding hydrogens is 358 g/mol. The first-order valence-corrected chi connectivity index (χ1v) is 8.93. The predicted octanol–water partition coefficient (Wildman–Crippen LogP) is 4.63. The fraction of sp³-hybridized carbons (Fsp3) is 0.0909. The first-order chi connectivity index (χ1) is 13.7. The summed E-state index contributed by atoms with van der Waals surface area (Å²) >= 11 is 0. The van der Waals surface area contributed by atoms with Crippen LogP contribution in [0.4, 0.5) is 8.78 Å². The van der Waals surface area contributed by atoms with Crippen molar-refractivity contribution in [1.29, 1.82) is 0 Å². The fourth-order valence-electron chi connectivity index (χ4n) is 3.91. The number of imidazole rings is 1. The van der Waals surface area contributed by atoms with E-state index in [1.54, 1.807) is 36.8 Å². The topological polar surface area (TPSA) is 57.4 Å². The molecule has 0 saturated heterocycles. The Bertz CT molecular complexity index is 1090. The van der Waals surface area contributed by atoms with Gasteiger partial charge >= 0.3 is 0 Å². The van der Waals surface area contributed by atoms with Crippen LogP contribution < -0.4 is 0 Å². The minimum atomic E-state index is -0.549. The highest BCUT2D eigenvalue weighted by atomic mass is 19.1. The van der Waals surface area contributed by atoms with E-state index in [0.29, 0.717) is 6.42 Å². The van der Waals surface area contributed by atoms with Gasteiger partial charge in [0.15, 0.2) is 0 Å². The number of benzene rings is 2. The molecular formula is C22H16F2N4. The number of hydrogen-bond acceptors (Lipinski definition) is 2. The molecule has 2 aromatic heterocycles. The summed E-state index contributed by atoms with van der Waals surface area (Å²) in [6.07, 6.45) is 8.05. The summed E-state index contributed by atoms with van der Waals surface area (Å²) in [6.45, 7) is 0. The molecule has 4 aromatic rings. The van der Waals surface area contributed by atoms with Gasteiger partial charge in [0.1, 0.15) is 17.3 Å². The number of nitrogens with zero attached hydrogens (tertiary/aromatic N) is 2. The van der Waals surface area contributed by atoms with Gasteiger partial charge < -0.3 is 4.98 Å². The second kappa shape index (κ2) is 6.27. The highest BCUT2D eigenvalue weighted by Crippen LogP contribution is 2.42. The van der Waals surface area contributed by atoms with E-state index in [0.717, 1.165) is 33.8 Å². The zero-order chi connectivity index (χ0) is 19.1. The van der Waals surface area contributed by atoms with Crippen LogP contribution in [0.2, 0.25) is 0 Å². The zero-order valence-corrected chi connectivity index (χ0v) is 14.8. The molecule has 28 heavy (non-hydrogen) atoms. The van der Waals surface area contributed by atoms with Gasteiger partial charge in [-0.2, -0.15) is 5.10 Å². The van der Waals surface area contributed by atoms with Crippen LogP contribution >= 0.6 is 0 Å². The standard InChI is InChI=1S/C22H16F2N4/c23-16-5-1-14(2-6-16)22(15-3-7-17(24)8-4-15)10-9-18-19(11-22)27-28-21(18)20-12-25-13-26-20/h1-10,12-13H,11H2,(H,25,26)(H,27,28). The first kappa shape index (κ1) is 16.6. The van der Waals surface area contributed by atoms with Crippen LogP contribution in [0.3, 0.4) is 0 Å². The molecule has 1 aliphatic carbocycles. The fourth-order valence-corrected chi connectivity index (χ4v) is 3.91. The Balaban J connectivity index is 1.66. The van der Waals surface area contributed by atoms with Crippen molar-refractivity contribution in [3.05, 3.63) is 101 Å². The molecule has 0 saturated carbocycles. The van der Waals surface area contributed by atoms with Crippen molar-refractivity contribution >= 4 is 6.08 Å². The summed E-state index contributed by atoms with van der Waals surface area (Å²) in [5, 5.41) is 7.59. The predicted molar refractivity (Wildman–Crippen MR) is 102 cm³/mol. The second-order valence-corrected chi connectivity index (χ2v) is 6.92. The third-order valence-electron chi connectivity index (χ3n) is 5.35. The van der Waals surface area contributed by atoms with Crippen molar-refractivity contribution in [2.75, 3.05) is 0 Å². The molecule has 5 rings (SSSR count). The third kappa shape index (κ3) is 2.57. The van der Waals surface area contributed by atoms with E-state index in [4.69, 9.17) is 0 Å². The Kier molecular flexibility index (Phi) is 3.72. The first-order valence-electron chi connectivity index (χ1n) is 8.93. The third-order valence-corrected chi connectivity index (χ3v) is 5.35. The molecule has 6 heteroatoms. The van der Waals surface area contributed by atoms with E-state index >= 15 is 0 Å². The van der Waals surface area contributed by atoms with Crippen LogP contribution in [0.15, 0.2) is 67.1 Å². The summed E-state index contributed by atoms with van der Waals surface area (Å²) in [6, 6.07) is 12.9. The monoisotopic (exact) mass is 374 g/mol. The molecule has 0 atom stereocenters. The molecule has 0 unspecified atom stereocenters. The number of halogens is 2. The Morgan fingerprint density at radius 2 is 1.54 bits per heavy atom. The van der Waals surface area contributed by atoms with Gasteiger partial charge in [0.2, 0.25) is 0 Å². The Labute approximate surface area is 160 Å². The van der Waals surface area contributed by atoms with Gasteiger partial charge in [-0.3, -0.25) is 5.10 Å². The second-order valence-electron chi connectivity index (χ2n) is 6.92. The van der Waals surface area contributed by atoms with Gasteiger partial charge in [0.05, 0.1) is 18.2 Å². The highest BCUT2D eigenvalue weighted by Gasteiger charge is 2.36. The lowest BCUT2D eigenvalue weighted by Gasteiger charge is -2.34. The molecule has 0 spiro atoms. The highest BCUT2D eigenvalue weighted by molar-refractivity contribution is 5.74. The van der Waals surface area contributed by atoms with Crippen molar-refractivity contribution in [3.63, 3.8) is 0 Å². The van der Waals surface area contributed by atoms with Gasteiger partial charge in [0, 0.05) is 23.1 Å². The molecule has 138 valence electrons. The van der Waals surface area contributed by atoms with E-state index in [-0.39, 0.29) is 11.6 Å². The van der Waals surface area contributed by atoms with Crippen LogP contribution in [0.1, 0.15) is 22.4 Å². The SMILES string of the molecule is Fc1ccc(C2(c3ccc(F)cc3)C=Cc3c(-c4cnc[nH]4)n[nH]c3C2)cc1. The van der Waals surface area contributed by atoms with Crippen molar-refractivity contribution in [1.82, 2.24) is 20.2 Å². The van der Waals surface area contributed by atoms with Crippen LogP contribution in [-0.4, -0.2) is 20.2 Å². The van der Waals surface area contributed by atoms with Crippen molar-refractivity contribution < 1.29 is 8.78 Å². The van der Waals surface area contributed by atoms with Gasteiger partial charge in [-0.1, -0.05) is 36.4 Å². The molecule has 0 bridgehead atoms. The largest absolute Gasteiger partial charge is 0.343 e. The van der Waals surface area contributed by atoms with Crippen molar-refractivity contribution in [2.24, 2.45) is 0 Å². The molecule has 2 aromatic carbocycles. The maximum atomic E-state index is 13.5. The average molecular weight is 374 g/mol. The summed E-state index contributed by atoms with van der Waals surface area (Å²) < 4.78 is 27.1. The number of H-pyrrole nitrogens is 2. The molecule has 0 amide bonds. The molecule has 1 aliphatic rings. The molecule has 2 heterocycles. The van der Waals surface area contributed by atoms with Crippen molar-refractivity contribution in [3.8, 4) is 11.4 Å². The Hall–Kier alpha value is -3.54. The molecule has 0 fully saturated rings. The summed E-state index contributed by atoms with van der Waals surface area (Å²) in [4.78, 5) is 7.14.